The highest BCUT2D eigenvalue weighted by molar-refractivity contribution is 5.73. The molecule has 3 N–H and O–H groups in total. The van der Waals surface area contributed by atoms with Gasteiger partial charge in [0.25, 0.3) is 0 Å². The fourth-order valence-corrected chi connectivity index (χ4v) is 3.05. The lowest BCUT2D eigenvalue weighted by atomic mass is 9.83. The molecule has 1 aromatic rings. The van der Waals surface area contributed by atoms with Crippen molar-refractivity contribution in [2.75, 3.05) is 6.54 Å². The molecule has 1 aromatic heterocycles. The highest BCUT2D eigenvalue weighted by atomic mass is 16.3. The van der Waals surface area contributed by atoms with E-state index in [2.05, 4.69) is 15.7 Å². The van der Waals surface area contributed by atoms with Crippen LogP contribution in [0.25, 0.3) is 0 Å². The van der Waals surface area contributed by atoms with Crippen molar-refractivity contribution < 1.29 is 9.90 Å². The molecule has 2 unspecified atom stereocenters. The molecule has 124 valence electrons. The Labute approximate surface area is 132 Å². The number of hydrogen-bond acceptors (Lipinski definition) is 3. The molecule has 1 fully saturated rings. The molecular formula is C16H28N4O2. The molecule has 6 nitrogen and oxygen atoms in total. The molecule has 2 atom stereocenters. The summed E-state index contributed by atoms with van der Waals surface area (Å²) in [4.78, 5) is 11.8. The summed E-state index contributed by atoms with van der Waals surface area (Å²) in [6.07, 6.45) is 7.96. The summed E-state index contributed by atoms with van der Waals surface area (Å²) < 4.78 is 1.80. The Morgan fingerprint density at radius 3 is 2.86 bits per heavy atom. The molecule has 1 aliphatic rings. The van der Waals surface area contributed by atoms with E-state index in [1.54, 1.807) is 10.9 Å². The van der Waals surface area contributed by atoms with Gasteiger partial charge >= 0.3 is 6.03 Å². The predicted octanol–water partition coefficient (Wildman–Crippen LogP) is 1.86. The maximum atomic E-state index is 11.8. The standard InChI is InChI=1S/C16H28N4O2/c1-12-14(11-19-20(12)2)10-18-16(22)17-9-5-7-13-6-3-4-8-15(13)21/h11,13,15,21H,3-10H2,1-2H3,(H2,17,18,22). The lowest BCUT2D eigenvalue weighted by Crippen LogP contribution is -2.36. The summed E-state index contributed by atoms with van der Waals surface area (Å²) in [5.41, 5.74) is 2.09. The quantitative estimate of drug-likeness (QED) is 0.702. The van der Waals surface area contributed by atoms with Gasteiger partial charge in [-0.3, -0.25) is 4.68 Å². The van der Waals surface area contributed by atoms with Crippen molar-refractivity contribution in [3.8, 4) is 0 Å². The van der Waals surface area contributed by atoms with E-state index in [9.17, 15) is 9.90 Å². The minimum Gasteiger partial charge on any atom is -0.393 e. The van der Waals surface area contributed by atoms with Gasteiger partial charge in [-0.1, -0.05) is 12.8 Å². The number of aliphatic hydroxyl groups excluding tert-OH is 1. The van der Waals surface area contributed by atoms with Gasteiger partial charge in [0.1, 0.15) is 0 Å². The first-order chi connectivity index (χ1) is 10.6. The lowest BCUT2D eigenvalue weighted by Gasteiger charge is -2.27. The third kappa shape index (κ3) is 4.73. The first kappa shape index (κ1) is 16.8. The second-order valence-corrected chi connectivity index (χ2v) is 6.24. The zero-order valence-electron chi connectivity index (χ0n) is 13.6. The summed E-state index contributed by atoms with van der Waals surface area (Å²) in [5.74, 6) is 0.414. The number of urea groups is 1. The van der Waals surface area contributed by atoms with Crippen LogP contribution in [0.3, 0.4) is 0 Å². The van der Waals surface area contributed by atoms with Crippen LogP contribution in [0.15, 0.2) is 6.20 Å². The maximum Gasteiger partial charge on any atom is 0.315 e. The minimum atomic E-state index is -0.146. The van der Waals surface area contributed by atoms with Gasteiger partial charge in [-0.2, -0.15) is 5.10 Å². The van der Waals surface area contributed by atoms with E-state index in [-0.39, 0.29) is 12.1 Å². The fraction of sp³-hybridized carbons (Fsp3) is 0.750. The zero-order chi connectivity index (χ0) is 15.9. The van der Waals surface area contributed by atoms with Crippen LogP contribution in [0.5, 0.6) is 0 Å². The largest absolute Gasteiger partial charge is 0.393 e. The molecule has 0 aliphatic heterocycles. The Morgan fingerprint density at radius 1 is 1.41 bits per heavy atom. The molecule has 22 heavy (non-hydrogen) atoms. The second kappa shape index (κ2) is 8.17. The number of nitrogens with one attached hydrogen (secondary N) is 2. The number of amides is 2. The van der Waals surface area contributed by atoms with Crippen molar-refractivity contribution in [1.29, 1.82) is 0 Å². The van der Waals surface area contributed by atoms with Crippen LogP contribution in [0.4, 0.5) is 4.79 Å². The van der Waals surface area contributed by atoms with E-state index in [1.807, 2.05) is 14.0 Å². The Morgan fingerprint density at radius 2 is 2.18 bits per heavy atom. The van der Waals surface area contributed by atoms with Gasteiger partial charge in [-0.15, -0.1) is 0 Å². The molecular weight excluding hydrogens is 280 g/mol. The summed E-state index contributed by atoms with van der Waals surface area (Å²) in [7, 11) is 1.89. The van der Waals surface area contributed by atoms with Gasteiger partial charge in [0, 0.05) is 31.4 Å². The predicted molar refractivity (Wildman–Crippen MR) is 85.4 cm³/mol. The number of aliphatic hydroxyl groups is 1. The van der Waals surface area contributed by atoms with Gasteiger partial charge < -0.3 is 15.7 Å². The van der Waals surface area contributed by atoms with Crippen molar-refractivity contribution >= 4 is 6.03 Å². The van der Waals surface area contributed by atoms with Crippen LogP contribution in [0.2, 0.25) is 0 Å². The molecule has 0 saturated heterocycles. The van der Waals surface area contributed by atoms with Gasteiger partial charge in [0.15, 0.2) is 0 Å². The number of nitrogens with zero attached hydrogens (tertiary/aromatic N) is 2. The molecule has 0 spiro atoms. The second-order valence-electron chi connectivity index (χ2n) is 6.24. The van der Waals surface area contributed by atoms with Crippen LogP contribution in [0.1, 0.15) is 49.8 Å². The van der Waals surface area contributed by atoms with Crippen LogP contribution < -0.4 is 10.6 Å². The highest BCUT2D eigenvalue weighted by Crippen LogP contribution is 2.27. The molecule has 0 aromatic carbocycles. The Kier molecular flexibility index (Phi) is 6.24. The third-order valence-corrected chi connectivity index (χ3v) is 4.68. The third-order valence-electron chi connectivity index (χ3n) is 4.68. The van der Waals surface area contributed by atoms with E-state index < -0.39 is 0 Å². The Balaban J connectivity index is 1.59. The lowest BCUT2D eigenvalue weighted by molar-refractivity contribution is 0.0644. The monoisotopic (exact) mass is 308 g/mol. The van der Waals surface area contributed by atoms with Gasteiger partial charge in [-0.05, 0) is 38.5 Å². The van der Waals surface area contributed by atoms with Crippen molar-refractivity contribution in [2.24, 2.45) is 13.0 Å². The van der Waals surface area contributed by atoms with E-state index in [1.165, 1.54) is 6.42 Å². The zero-order valence-corrected chi connectivity index (χ0v) is 13.6. The van der Waals surface area contributed by atoms with Gasteiger partial charge in [-0.25, -0.2) is 4.79 Å². The van der Waals surface area contributed by atoms with E-state index in [4.69, 9.17) is 0 Å². The summed E-state index contributed by atoms with van der Waals surface area (Å²) in [6, 6.07) is -0.146. The van der Waals surface area contributed by atoms with Crippen LogP contribution >= 0.6 is 0 Å². The normalized spacial score (nSPS) is 21.6. The first-order valence-electron chi connectivity index (χ1n) is 8.25. The molecule has 1 saturated carbocycles. The number of aryl methyl sites for hydroxylation is 1. The van der Waals surface area contributed by atoms with Crippen molar-refractivity contribution in [2.45, 2.75) is 58.1 Å². The fourth-order valence-electron chi connectivity index (χ4n) is 3.05. The summed E-state index contributed by atoms with van der Waals surface area (Å²) in [6.45, 7) is 3.13. The van der Waals surface area contributed by atoms with E-state index >= 15 is 0 Å². The van der Waals surface area contributed by atoms with Gasteiger partial charge in [0.05, 0.1) is 12.3 Å². The molecule has 1 heterocycles. The topological polar surface area (TPSA) is 79.2 Å². The molecule has 2 amide bonds. The molecule has 6 heteroatoms. The van der Waals surface area contributed by atoms with Crippen molar-refractivity contribution in [3.63, 3.8) is 0 Å². The first-order valence-corrected chi connectivity index (χ1v) is 8.25. The number of carbonyl (C=O) groups excluding carboxylic acids is 1. The highest BCUT2D eigenvalue weighted by Gasteiger charge is 2.22. The molecule has 0 bridgehead atoms. The van der Waals surface area contributed by atoms with Crippen LogP contribution in [0, 0.1) is 12.8 Å². The molecule has 1 aliphatic carbocycles. The van der Waals surface area contributed by atoms with Crippen molar-refractivity contribution in [1.82, 2.24) is 20.4 Å². The number of aromatic nitrogens is 2. The molecule has 0 radical (unpaired) electrons. The number of carbonyl (C=O) groups is 1. The Hall–Kier alpha value is -1.56. The smallest absolute Gasteiger partial charge is 0.315 e. The van der Waals surface area contributed by atoms with Gasteiger partial charge in [0.2, 0.25) is 0 Å². The number of hydrogen-bond donors (Lipinski definition) is 3. The Bertz CT molecular complexity index is 486. The average Bonchev–Trinajstić information content (AvgIpc) is 2.83. The SMILES string of the molecule is Cc1c(CNC(=O)NCCCC2CCCCC2O)cnn1C. The van der Waals surface area contributed by atoms with E-state index in [0.29, 0.717) is 19.0 Å². The maximum absolute atomic E-state index is 11.8. The van der Waals surface area contributed by atoms with Crippen molar-refractivity contribution in [3.05, 3.63) is 17.5 Å². The molecule has 2 rings (SSSR count). The van der Waals surface area contributed by atoms with Crippen LogP contribution in [-0.2, 0) is 13.6 Å². The summed E-state index contributed by atoms with van der Waals surface area (Å²) in [5, 5.41) is 19.8. The summed E-state index contributed by atoms with van der Waals surface area (Å²) >= 11 is 0. The minimum absolute atomic E-state index is 0.142. The van der Waals surface area contributed by atoms with E-state index in [0.717, 1.165) is 43.4 Å². The number of rotatable bonds is 6. The average molecular weight is 308 g/mol. The van der Waals surface area contributed by atoms with Crippen LogP contribution in [-0.4, -0.2) is 33.6 Å².